The molecule has 1 N–H and O–H groups in total. The first-order valence-corrected chi connectivity index (χ1v) is 9.76. The van der Waals surface area contributed by atoms with Gasteiger partial charge in [-0.15, -0.1) is 11.3 Å². The summed E-state index contributed by atoms with van der Waals surface area (Å²) in [5, 5.41) is 4.89. The fourth-order valence-corrected chi connectivity index (χ4v) is 3.25. The van der Waals surface area contributed by atoms with Crippen LogP contribution >= 0.6 is 11.3 Å². The summed E-state index contributed by atoms with van der Waals surface area (Å²) in [6, 6.07) is 18.1. The zero-order valence-electron chi connectivity index (χ0n) is 15.4. The Bertz CT molecular complexity index is 963. The van der Waals surface area contributed by atoms with Gasteiger partial charge in [-0.05, 0) is 29.7 Å². The first-order chi connectivity index (χ1) is 13.6. The lowest BCUT2D eigenvalue weighted by Crippen LogP contribution is -2.09. The zero-order chi connectivity index (χ0) is 19.8. The van der Waals surface area contributed by atoms with Gasteiger partial charge in [0.2, 0.25) is 5.91 Å². The third-order valence-corrected chi connectivity index (χ3v) is 4.66. The summed E-state index contributed by atoms with van der Waals surface area (Å²) in [6.45, 7) is 2.09. The third kappa shape index (κ3) is 5.62. The van der Waals surface area contributed by atoms with Gasteiger partial charge in [-0.25, -0.2) is 4.98 Å². The van der Waals surface area contributed by atoms with E-state index in [4.69, 9.17) is 4.74 Å². The van der Waals surface area contributed by atoms with Crippen molar-refractivity contribution in [2.75, 3.05) is 11.9 Å². The molecule has 0 atom stereocenters. The van der Waals surface area contributed by atoms with E-state index in [9.17, 15) is 9.59 Å². The minimum atomic E-state index is -0.329. The molecule has 1 heterocycles. The van der Waals surface area contributed by atoms with E-state index in [1.54, 1.807) is 18.4 Å². The van der Waals surface area contributed by atoms with Crippen molar-refractivity contribution in [2.24, 2.45) is 0 Å². The lowest BCUT2D eigenvalue weighted by Gasteiger charge is -2.02. The number of benzene rings is 2. The van der Waals surface area contributed by atoms with Crippen molar-refractivity contribution < 1.29 is 14.3 Å². The van der Waals surface area contributed by atoms with Gasteiger partial charge in [0.15, 0.2) is 5.13 Å². The van der Waals surface area contributed by atoms with Crippen molar-refractivity contribution in [3.63, 3.8) is 0 Å². The Morgan fingerprint density at radius 1 is 1.07 bits per heavy atom. The molecule has 0 spiro atoms. The van der Waals surface area contributed by atoms with Gasteiger partial charge >= 0.3 is 5.97 Å². The van der Waals surface area contributed by atoms with Gasteiger partial charge in [-0.2, -0.15) is 0 Å². The average Bonchev–Trinajstić information content (AvgIpc) is 3.14. The number of hydrogen-bond donors (Lipinski definition) is 1. The van der Waals surface area contributed by atoms with Crippen molar-refractivity contribution in [3.05, 3.63) is 77.3 Å². The Kier molecular flexibility index (Phi) is 6.70. The van der Waals surface area contributed by atoms with Gasteiger partial charge < -0.3 is 4.74 Å². The number of rotatable bonds is 7. The molecule has 2 aromatic carbocycles. The highest BCUT2D eigenvalue weighted by atomic mass is 32.1. The predicted molar refractivity (Wildman–Crippen MR) is 112 cm³/mol. The van der Waals surface area contributed by atoms with Crippen LogP contribution in [0.4, 0.5) is 5.13 Å². The Morgan fingerprint density at radius 3 is 2.50 bits per heavy atom. The maximum Gasteiger partial charge on any atom is 0.311 e. The van der Waals surface area contributed by atoms with Crippen molar-refractivity contribution >= 4 is 34.4 Å². The highest BCUT2D eigenvalue weighted by Gasteiger charge is 2.09. The lowest BCUT2D eigenvalue weighted by atomic mass is 10.0. The van der Waals surface area contributed by atoms with Gasteiger partial charge in [0.25, 0.3) is 0 Å². The first-order valence-electron chi connectivity index (χ1n) is 8.88. The van der Waals surface area contributed by atoms with Crippen LogP contribution in [0.1, 0.15) is 18.2 Å². The van der Waals surface area contributed by atoms with Crippen LogP contribution in [-0.4, -0.2) is 23.5 Å². The van der Waals surface area contributed by atoms with E-state index in [-0.39, 0.29) is 18.3 Å². The van der Waals surface area contributed by atoms with Crippen LogP contribution in [0.2, 0.25) is 0 Å². The number of carbonyl (C=O) groups is 2. The number of esters is 1. The molecule has 0 saturated heterocycles. The monoisotopic (exact) mass is 392 g/mol. The largest absolute Gasteiger partial charge is 0.466 e. The Morgan fingerprint density at radius 2 is 1.79 bits per heavy atom. The molecule has 0 unspecified atom stereocenters. The number of nitrogens with one attached hydrogen (secondary N) is 1. The molecule has 1 aromatic heterocycles. The highest BCUT2D eigenvalue weighted by Crippen LogP contribution is 2.20. The molecule has 0 radical (unpaired) electrons. The Balaban J connectivity index is 1.55. The van der Waals surface area contributed by atoms with Gasteiger partial charge in [-0.3, -0.25) is 14.9 Å². The quantitative estimate of drug-likeness (QED) is 0.472. The molecule has 5 nitrogen and oxygen atoms in total. The molecule has 3 aromatic rings. The molecule has 1 amide bonds. The fraction of sp³-hybridized carbons (Fsp3) is 0.136. The van der Waals surface area contributed by atoms with E-state index in [0.717, 1.165) is 16.7 Å². The van der Waals surface area contributed by atoms with Crippen LogP contribution in [0.25, 0.3) is 17.2 Å². The number of aromatic nitrogens is 1. The van der Waals surface area contributed by atoms with Crippen LogP contribution in [0.3, 0.4) is 0 Å². The smallest absolute Gasteiger partial charge is 0.311 e. The van der Waals surface area contributed by atoms with Gasteiger partial charge in [0, 0.05) is 11.5 Å². The minimum Gasteiger partial charge on any atom is -0.466 e. The summed E-state index contributed by atoms with van der Waals surface area (Å²) < 4.78 is 4.89. The van der Waals surface area contributed by atoms with Crippen LogP contribution < -0.4 is 5.32 Å². The minimum absolute atomic E-state index is 0.101. The fourth-order valence-electron chi connectivity index (χ4n) is 2.54. The van der Waals surface area contributed by atoms with Crippen LogP contribution in [0.5, 0.6) is 0 Å². The number of hydrogen-bond acceptors (Lipinski definition) is 5. The molecule has 142 valence electrons. The summed E-state index contributed by atoms with van der Waals surface area (Å²) in [6.07, 6.45) is 3.31. The molecule has 0 aliphatic carbocycles. The second-order valence-corrected chi connectivity index (χ2v) is 6.79. The summed E-state index contributed by atoms with van der Waals surface area (Å²) in [5.41, 5.74) is 3.79. The lowest BCUT2D eigenvalue weighted by molar-refractivity contribution is -0.142. The number of carbonyl (C=O) groups excluding carboxylic acids is 2. The Hall–Kier alpha value is -3.25. The normalized spacial score (nSPS) is 10.8. The topological polar surface area (TPSA) is 68.3 Å². The zero-order valence-corrected chi connectivity index (χ0v) is 16.2. The average molecular weight is 392 g/mol. The highest BCUT2D eigenvalue weighted by molar-refractivity contribution is 7.14. The number of amides is 1. The van der Waals surface area contributed by atoms with E-state index in [2.05, 4.69) is 22.4 Å². The van der Waals surface area contributed by atoms with E-state index >= 15 is 0 Å². The summed E-state index contributed by atoms with van der Waals surface area (Å²) in [5.74, 6) is -0.603. The standard InChI is InChI=1S/C22H20N2O3S/c1-2-27-21(26)14-19-15-28-22(23-19)24-20(25)13-10-16-8-11-18(12-9-16)17-6-4-3-5-7-17/h3-13,15H,2,14H2,1H3,(H,23,24,25)/b13-10+. The summed E-state index contributed by atoms with van der Waals surface area (Å²) in [7, 11) is 0. The van der Waals surface area contributed by atoms with Crippen LogP contribution in [-0.2, 0) is 20.7 Å². The van der Waals surface area contributed by atoms with Crippen molar-refractivity contribution in [2.45, 2.75) is 13.3 Å². The molecule has 6 heteroatoms. The van der Waals surface area contributed by atoms with E-state index in [0.29, 0.717) is 17.4 Å². The molecule has 0 aliphatic heterocycles. The van der Waals surface area contributed by atoms with Crippen LogP contribution in [0.15, 0.2) is 66.1 Å². The van der Waals surface area contributed by atoms with Gasteiger partial charge in [-0.1, -0.05) is 54.6 Å². The maximum absolute atomic E-state index is 12.1. The maximum atomic E-state index is 12.1. The number of ether oxygens (including phenoxy) is 1. The molecule has 0 saturated carbocycles. The molecular formula is C22H20N2O3S. The number of nitrogens with zero attached hydrogens (tertiary/aromatic N) is 1. The number of thiazole rings is 1. The van der Waals surface area contributed by atoms with E-state index in [1.807, 2.05) is 42.5 Å². The van der Waals surface area contributed by atoms with Crippen molar-refractivity contribution in [1.29, 1.82) is 0 Å². The Labute approximate surface area is 167 Å². The second-order valence-electron chi connectivity index (χ2n) is 5.94. The molecule has 0 bridgehead atoms. The van der Waals surface area contributed by atoms with Gasteiger partial charge in [0.1, 0.15) is 0 Å². The number of anilines is 1. The molecule has 3 rings (SSSR count). The van der Waals surface area contributed by atoms with Crippen molar-refractivity contribution in [3.8, 4) is 11.1 Å². The SMILES string of the molecule is CCOC(=O)Cc1csc(NC(=O)/C=C/c2ccc(-c3ccccc3)cc2)n1. The summed E-state index contributed by atoms with van der Waals surface area (Å²) in [4.78, 5) is 27.8. The molecule has 0 fully saturated rings. The van der Waals surface area contributed by atoms with Crippen LogP contribution in [0, 0.1) is 0 Å². The molecule has 0 aliphatic rings. The summed E-state index contributed by atoms with van der Waals surface area (Å²) >= 11 is 1.27. The van der Waals surface area contributed by atoms with E-state index < -0.39 is 0 Å². The van der Waals surface area contributed by atoms with Crippen molar-refractivity contribution in [1.82, 2.24) is 4.98 Å². The second kappa shape index (κ2) is 9.62. The first kappa shape index (κ1) is 19.5. The predicted octanol–water partition coefficient (Wildman–Crippen LogP) is 4.57. The van der Waals surface area contributed by atoms with Gasteiger partial charge in [0.05, 0.1) is 18.7 Å². The van der Waals surface area contributed by atoms with E-state index in [1.165, 1.54) is 17.4 Å². The molecular weight excluding hydrogens is 372 g/mol. The third-order valence-electron chi connectivity index (χ3n) is 3.86. The molecule has 28 heavy (non-hydrogen) atoms.